The maximum atomic E-state index is 2.42. The van der Waals surface area contributed by atoms with Gasteiger partial charge in [-0.05, 0) is 6.07 Å². The molecule has 0 radical (unpaired) electrons. The van der Waals surface area contributed by atoms with Crippen LogP contribution in [0.5, 0.6) is 0 Å². The first-order valence-electron chi connectivity index (χ1n) is 5.06. The Morgan fingerprint density at radius 2 is 1.93 bits per heavy atom. The number of aromatic nitrogens is 1. The van der Waals surface area contributed by atoms with Crippen molar-refractivity contribution >= 4 is 21.6 Å². The lowest BCUT2D eigenvalue weighted by Gasteiger charge is -1.99. The first kappa shape index (κ1) is 12.9. The molecule has 1 aromatic carbocycles. The molecule has 0 saturated carbocycles. The average Bonchev–Trinajstić information content (AvgIpc) is 2.43. The summed E-state index contributed by atoms with van der Waals surface area (Å²) in [6.07, 6.45) is 0. The van der Waals surface area contributed by atoms with Crippen molar-refractivity contribution in [3.05, 3.63) is 29.3 Å². The number of hydrogen-bond donors (Lipinski definition) is 0. The van der Waals surface area contributed by atoms with Crippen molar-refractivity contribution in [2.75, 3.05) is 0 Å². The molecule has 0 aliphatic rings. The second-order valence-electron chi connectivity index (χ2n) is 4.09. The number of aryl methyl sites for hydroxylation is 1. The maximum Gasteiger partial charge on any atom is 0.235 e. The van der Waals surface area contributed by atoms with E-state index in [1.54, 1.807) is 0 Å². The number of para-hydroxylation sites is 1. The minimum Gasteiger partial charge on any atom is -1.00 e. The Hall–Kier alpha value is -0.160. The van der Waals surface area contributed by atoms with Gasteiger partial charge in [-0.1, -0.05) is 37.3 Å². The molecule has 1 heterocycles. The van der Waals surface area contributed by atoms with E-state index in [0.717, 1.165) is 6.54 Å². The molecule has 0 saturated heterocycles. The minimum absolute atomic E-state index is 0. The third kappa shape index (κ3) is 2.69. The van der Waals surface area contributed by atoms with E-state index in [1.807, 2.05) is 11.3 Å². The Morgan fingerprint density at radius 1 is 1.27 bits per heavy atom. The van der Waals surface area contributed by atoms with Crippen molar-refractivity contribution in [2.45, 2.75) is 27.3 Å². The van der Waals surface area contributed by atoms with Crippen LogP contribution in [0.4, 0.5) is 0 Å². The highest BCUT2D eigenvalue weighted by Gasteiger charge is 2.16. The molecular formula is C12H16INS. The van der Waals surface area contributed by atoms with E-state index in [1.165, 1.54) is 15.2 Å². The molecule has 82 valence electrons. The summed E-state index contributed by atoms with van der Waals surface area (Å²) >= 11 is 1.88. The van der Waals surface area contributed by atoms with Gasteiger partial charge < -0.3 is 24.0 Å². The number of halogens is 1. The lowest BCUT2D eigenvalue weighted by molar-refractivity contribution is -0.678. The molecule has 0 unspecified atom stereocenters. The highest BCUT2D eigenvalue weighted by Crippen LogP contribution is 2.19. The molecule has 1 aromatic heterocycles. The van der Waals surface area contributed by atoms with Crippen molar-refractivity contribution in [3.63, 3.8) is 0 Å². The molecule has 15 heavy (non-hydrogen) atoms. The van der Waals surface area contributed by atoms with Crippen molar-refractivity contribution in [1.82, 2.24) is 0 Å². The zero-order valence-electron chi connectivity index (χ0n) is 9.33. The maximum absolute atomic E-state index is 2.42. The number of rotatable bonds is 2. The quantitative estimate of drug-likeness (QED) is 0.545. The Bertz CT molecular complexity index is 448. The summed E-state index contributed by atoms with van der Waals surface area (Å²) in [5, 5.41) is 1.40. The highest BCUT2D eigenvalue weighted by molar-refractivity contribution is 7.18. The van der Waals surface area contributed by atoms with Gasteiger partial charge in [-0.25, -0.2) is 0 Å². The molecule has 3 heteroatoms. The molecule has 0 amide bonds. The monoisotopic (exact) mass is 333 g/mol. The van der Waals surface area contributed by atoms with Crippen LogP contribution in [0.1, 0.15) is 18.9 Å². The second kappa shape index (κ2) is 5.25. The fourth-order valence-corrected chi connectivity index (χ4v) is 2.77. The standard InChI is InChI=1S/C12H16NS.HI/c1-9(2)8-13-10(3)14-12-7-5-4-6-11(12)13;/h4-7,9H,8H2,1-3H3;1H/q+1;/p-1. The van der Waals surface area contributed by atoms with Gasteiger partial charge in [0.05, 0.1) is 0 Å². The van der Waals surface area contributed by atoms with Crippen LogP contribution in [0.15, 0.2) is 24.3 Å². The van der Waals surface area contributed by atoms with Crippen LogP contribution in [-0.2, 0) is 6.54 Å². The van der Waals surface area contributed by atoms with Gasteiger partial charge >= 0.3 is 0 Å². The Labute approximate surface area is 112 Å². The highest BCUT2D eigenvalue weighted by atomic mass is 127. The summed E-state index contributed by atoms with van der Waals surface area (Å²) in [5.41, 5.74) is 1.38. The van der Waals surface area contributed by atoms with Crippen molar-refractivity contribution in [3.8, 4) is 0 Å². The van der Waals surface area contributed by atoms with Crippen LogP contribution in [0.3, 0.4) is 0 Å². The number of thiazole rings is 1. The van der Waals surface area contributed by atoms with Gasteiger partial charge in [0.25, 0.3) is 0 Å². The predicted molar refractivity (Wildman–Crippen MR) is 61.6 cm³/mol. The molecule has 1 nitrogen and oxygen atoms in total. The molecule has 0 atom stereocenters. The van der Waals surface area contributed by atoms with E-state index < -0.39 is 0 Å². The van der Waals surface area contributed by atoms with E-state index in [9.17, 15) is 0 Å². The summed E-state index contributed by atoms with van der Waals surface area (Å²) in [6.45, 7) is 7.85. The van der Waals surface area contributed by atoms with Crippen molar-refractivity contribution in [2.24, 2.45) is 5.92 Å². The third-order valence-electron chi connectivity index (χ3n) is 2.34. The minimum atomic E-state index is 0. The number of hydrogen-bond acceptors (Lipinski definition) is 1. The van der Waals surface area contributed by atoms with Crippen LogP contribution < -0.4 is 28.5 Å². The first-order chi connectivity index (χ1) is 6.68. The van der Waals surface area contributed by atoms with Gasteiger partial charge in [0.15, 0.2) is 6.54 Å². The third-order valence-corrected chi connectivity index (χ3v) is 3.42. The zero-order valence-corrected chi connectivity index (χ0v) is 12.3. The predicted octanol–water partition coefficient (Wildman–Crippen LogP) is 0.157. The Kier molecular flexibility index (Phi) is 4.52. The molecule has 0 aliphatic heterocycles. The van der Waals surface area contributed by atoms with Gasteiger partial charge in [0, 0.05) is 18.9 Å². The van der Waals surface area contributed by atoms with Crippen LogP contribution in [0.2, 0.25) is 0 Å². The summed E-state index contributed by atoms with van der Waals surface area (Å²) in [6, 6.07) is 8.63. The summed E-state index contributed by atoms with van der Waals surface area (Å²) in [4.78, 5) is 0. The fraction of sp³-hybridized carbons (Fsp3) is 0.417. The largest absolute Gasteiger partial charge is 1.00 e. The average molecular weight is 333 g/mol. The number of fused-ring (bicyclic) bond motifs is 1. The molecular weight excluding hydrogens is 317 g/mol. The van der Waals surface area contributed by atoms with Gasteiger partial charge in [-0.15, -0.1) is 0 Å². The van der Waals surface area contributed by atoms with E-state index in [2.05, 4.69) is 49.6 Å². The van der Waals surface area contributed by atoms with Gasteiger partial charge in [-0.3, -0.25) is 0 Å². The lowest BCUT2D eigenvalue weighted by atomic mass is 10.2. The van der Waals surface area contributed by atoms with E-state index in [4.69, 9.17) is 0 Å². The van der Waals surface area contributed by atoms with Gasteiger partial charge in [-0.2, -0.15) is 4.57 Å². The molecule has 2 aromatic rings. The van der Waals surface area contributed by atoms with Crippen molar-refractivity contribution < 1.29 is 28.5 Å². The molecule has 0 spiro atoms. The molecule has 0 N–H and O–H groups in total. The summed E-state index contributed by atoms with van der Waals surface area (Å²) in [5.74, 6) is 0.705. The SMILES string of the molecule is Cc1sc2ccccc2[n+]1CC(C)C.[I-]. The van der Waals surface area contributed by atoms with Crippen LogP contribution in [0, 0.1) is 12.8 Å². The normalized spacial score (nSPS) is 10.7. The molecule has 0 aliphatic carbocycles. The first-order valence-corrected chi connectivity index (χ1v) is 5.88. The molecule has 2 rings (SSSR count). The Morgan fingerprint density at radius 3 is 2.60 bits per heavy atom. The van der Waals surface area contributed by atoms with Crippen molar-refractivity contribution in [1.29, 1.82) is 0 Å². The second-order valence-corrected chi connectivity index (χ2v) is 5.33. The molecule has 0 bridgehead atoms. The Balaban J connectivity index is 0.00000112. The topological polar surface area (TPSA) is 3.88 Å². The van der Waals surface area contributed by atoms with E-state index >= 15 is 0 Å². The van der Waals surface area contributed by atoms with Crippen LogP contribution in [0.25, 0.3) is 10.2 Å². The smallest absolute Gasteiger partial charge is 0.235 e. The van der Waals surface area contributed by atoms with E-state index in [0.29, 0.717) is 5.92 Å². The number of benzene rings is 1. The fourth-order valence-electron chi connectivity index (χ4n) is 1.74. The van der Waals surface area contributed by atoms with Gasteiger partial charge in [0.2, 0.25) is 10.5 Å². The summed E-state index contributed by atoms with van der Waals surface area (Å²) < 4.78 is 3.82. The van der Waals surface area contributed by atoms with E-state index in [-0.39, 0.29) is 24.0 Å². The van der Waals surface area contributed by atoms with Gasteiger partial charge in [0.1, 0.15) is 4.70 Å². The van der Waals surface area contributed by atoms with Crippen LogP contribution in [-0.4, -0.2) is 0 Å². The number of nitrogens with zero attached hydrogens (tertiary/aromatic N) is 1. The zero-order chi connectivity index (χ0) is 10.1. The lowest BCUT2D eigenvalue weighted by Crippen LogP contribution is -3.00. The molecule has 0 fully saturated rings. The summed E-state index contributed by atoms with van der Waals surface area (Å²) in [7, 11) is 0. The van der Waals surface area contributed by atoms with Crippen LogP contribution >= 0.6 is 11.3 Å².